The molecule has 1 amide bonds. The molecule has 1 rings (SSSR count). The van der Waals surface area contributed by atoms with Crippen molar-refractivity contribution < 1.29 is 39.8 Å². The van der Waals surface area contributed by atoms with Gasteiger partial charge in [0.1, 0.15) is 24.4 Å². The number of aliphatic hydroxyl groups is 5. The highest BCUT2D eigenvalue weighted by atomic mass is 16.7. The first-order valence-corrected chi connectivity index (χ1v) is 19.3. The van der Waals surface area contributed by atoms with Gasteiger partial charge >= 0.3 is 0 Å². The molecule has 0 aliphatic carbocycles. The van der Waals surface area contributed by atoms with Gasteiger partial charge in [0.05, 0.1) is 25.4 Å². The van der Waals surface area contributed by atoms with Crippen molar-refractivity contribution in [1.29, 1.82) is 0 Å². The van der Waals surface area contributed by atoms with E-state index in [0.717, 1.165) is 89.9 Å². The number of hydrogen-bond donors (Lipinski definition) is 6. The average molecular weight is 716 g/mol. The fraction of sp³-hybridized carbons (Fsp3) is 0.643. The molecule has 0 bridgehead atoms. The van der Waals surface area contributed by atoms with E-state index < -0.39 is 49.5 Å². The topological polar surface area (TPSA) is 149 Å². The predicted molar refractivity (Wildman–Crippen MR) is 207 cm³/mol. The van der Waals surface area contributed by atoms with Gasteiger partial charge in [-0.25, -0.2) is 0 Å². The second-order valence-electron chi connectivity index (χ2n) is 13.0. The number of nitrogens with one attached hydrogen (secondary N) is 1. The van der Waals surface area contributed by atoms with Crippen LogP contribution >= 0.6 is 0 Å². The van der Waals surface area contributed by atoms with Gasteiger partial charge in [-0.05, 0) is 70.6 Å². The first-order chi connectivity index (χ1) is 24.8. The molecular formula is C42H69NO8. The molecule has 0 saturated carbocycles. The molecule has 0 aromatic heterocycles. The van der Waals surface area contributed by atoms with Crippen LogP contribution in [0.1, 0.15) is 117 Å². The summed E-state index contributed by atoms with van der Waals surface area (Å²) in [5, 5.41) is 53.4. The summed E-state index contributed by atoms with van der Waals surface area (Å²) in [7, 11) is 0. The summed E-state index contributed by atoms with van der Waals surface area (Å²) in [5.74, 6) is -0.194. The summed E-state index contributed by atoms with van der Waals surface area (Å²) >= 11 is 0. The summed E-state index contributed by atoms with van der Waals surface area (Å²) in [6.45, 7) is 3.49. The van der Waals surface area contributed by atoms with Gasteiger partial charge in [0.2, 0.25) is 5.91 Å². The van der Waals surface area contributed by atoms with Crippen LogP contribution in [0, 0.1) is 0 Å². The van der Waals surface area contributed by atoms with Gasteiger partial charge in [-0.3, -0.25) is 4.79 Å². The molecule has 0 aromatic rings. The Morgan fingerprint density at radius 2 is 1.22 bits per heavy atom. The molecule has 1 saturated heterocycles. The molecular weight excluding hydrogens is 646 g/mol. The second-order valence-corrected chi connectivity index (χ2v) is 13.0. The van der Waals surface area contributed by atoms with Crippen molar-refractivity contribution >= 4 is 5.91 Å². The quantitative estimate of drug-likeness (QED) is 0.0365. The van der Waals surface area contributed by atoms with Crippen LogP contribution in [0.5, 0.6) is 0 Å². The molecule has 51 heavy (non-hydrogen) atoms. The number of carbonyl (C=O) groups is 1. The molecule has 0 spiro atoms. The zero-order chi connectivity index (χ0) is 37.4. The van der Waals surface area contributed by atoms with E-state index in [1.165, 1.54) is 0 Å². The van der Waals surface area contributed by atoms with Crippen LogP contribution in [0.3, 0.4) is 0 Å². The molecule has 9 nitrogen and oxygen atoms in total. The van der Waals surface area contributed by atoms with Crippen LogP contribution in [0.15, 0.2) is 85.1 Å². The van der Waals surface area contributed by atoms with E-state index >= 15 is 0 Å². The zero-order valence-electron chi connectivity index (χ0n) is 31.3. The van der Waals surface area contributed by atoms with E-state index in [2.05, 4.69) is 104 Å². The zero-order valence-corrected chi connectivity index (χ0v) is 31.3. The van der Waals surface area contributed by atoms with Crippen LogP contribution in [-0.4, -0.2) is 87.5 Å². The molecule has 1 fully saturated rings. The Balaban J connectivity index is 2.23. The van der Waals surface area contributed by atoms with E-state index in [-0.39, 0.29) is 12.5 Å². The Bertz CT molecular complexity index is 1060. The Kier molecular flexibility index (Phi) is 29.2. The van der Waals surface area contributed by atoms with Gasteiger partial charge in [0.25, 0.3) is 0 Å². The van der Waals surface area contributed by atoms with Crippen LogP contribution in [-0.2, 0) is 14.3 Å². The summed E-state index contributed by atoms with van der Waals surface area (Å²) in [6, 6.07) is -0.737. The van der Waals surface area contributed by atoms with Crippen molar-refractivity contribution in [3.8, 4) is 0 Å². The molecule has 0 radical (unpaired) electrons. The fourth-order valence-electron chi connectivity index (χ4n) is 5.37. The van der Waals surface area contributed by atoms with Crippen LogP contribution in [0.25, 0.3) is 0 Å². The van der Waals surface area contributed by atoms with Crippen LogP contribution in [0.4, 0.5) is 0 Å². The number of unbranched alkanes of at least 4 members (excludes halogenated alkanes) is 5. The number of rotatable bonds is 29. The van der Waals surface area contributed by atoms with E-state index in [1.54, 1.807) is 0 Å². The number of ether oxygens (including phenoxy) is 2. The lowest BCUT2D eigenvalue weighted by molar-refractivity contribution is -0.302. The average Bonchev–Trinajstić information content (AvgIpc) is 3.13. The van der Waals surface area contributed by atoms with Crippen LogP contribution < -0.4 is 5.32 Å². The Hall–Kier alpha value is -2.63. The molecule has 9 heteroatoms. The highest BCUT2D eigenvalue weighted by molar-refractivity contribution is 5.76. The Labute approximate surface area is 308 Å². The number of allylic oxidation sites excluding steroid dienone is 14. The summed E-state index contributed by atoms with van der Waals surface area (Å²) in [6.07, 6.45) is 36.8. The number of amides is 1. The maximum absolute atomic E-state index is 12.7. The third kappa shape index (κ3) is 23.5. The summed E-state index contributed by atoms with van der Waals surface area (Å²) in [4.78, 5) is 12.7. The van der Waals surface area contributed by atoms with Crippen molar-refractivity contribution in [1.82, 2.24) is 5.32 Å². The maximum Gasteiger partial charge on any atom is 0.220 e. The minimum Gasteiger partial charge on any atom is -0.394 e. The smallest absolute Gasteiger partial charge is 0.220 e. The number of hydrogen-bond acceptors (Lipinski definition) is 8. The van der Waals surface area contributed by atoms with Gasteiger partial charge in [-0.2, -0.15) is 0 Å². The standard InChI is InChI=1S/C42H69NO8/c1-3-5-7-8-9-10-11-12-13-14-15-16-17-18-19-20-21-22-23-24-25-26-27-28-30-32-38(46)43-35(36(45)31-29-6-4-2)34-50-42-41(49)40(48)39(47)37(33-44)51-42/h5,7,9-10,12-13,15-16,18-19,21-22,24-25,35-37,39-42,44-45,47-49H,3-4,6,8,11,14,17,20,23,26-34H2,1-2H3,(H,43,46)/b7-5-,10-9-,13-12-,16-15-,19-18-,22-21-,25-24-. The predicted octanol–water partition coefficient (Wildman–Crippen LogP) is 6.82. The van der Waals surface area contributed by atoms with E-state index in [4.69, 9.17) is 9.47 Å². The maximum atomic E-state index is 12.7. The lowest BCUT2D eigenvalue weighted by Crippen LogP contribution is -2.60. The molecule has 0 aromatic carbocycles. The van der Waals surface area contributed by atoms with E-state index in [9.17, 15) is 30.3 Å². The molecule has 1 heterocycles. The minimum atomic E-state index is -1.56. The highest BCUT2D eigenvalue weighted by Crippen LogP contribution is 2.22. The molecule has 1 aliphatic rings. The minimum absolute atomic E-state index is 0.163. The van der Waals surface area contributed by atoms with Crippen molar-refractivity contribution in [2.24, 2.45) is 0 Å². The van der Waals surface area contributed by atoms with Gasteiger partial charge < -0.3 is 40.3 Å². The van der Waals surface area contributed by atoms with Crippen molar-refractivity contribution in [3.05, 3.63) is 85.1 Å². The molecule has 1 aliphatic heterocycles. The first-order valence-electron chi connectivity index (χ1n) is 19.3. The Morgan fingerprint density at radius 1 is 0.686 bits per heavy atom. The third-order valence-electron chi connectivity index (χ3n) is 8.51. The fourth-order valence-corrected chi connectivity index (χ4v) is 5.37. The van der Waals surface area contributed by atoms with Gasteiger partial charge in [-0.1, -0.05) is 125 Å². The van der Waals surface area contributed by atoms with Crippen molar-refractivity contribution in [3.63, 3.8) is 0 Å². The second kappa shape index (κ2) is 32.1. The Morgan fingerprint density at radius 3 is 1.73 bits per heavy atom. The lowest BCUT2D eigenvalue weighted by atomic mass is 9.99. The number of carbonyl (C=O) groups excluding carboxylic acids is 1. The van der Waals surface area contributed by atoms with Gasteiger partial charge in [0, 0.05) is 6.42 Å². The monoisotopic (exact) mass is 716 g/mol. The molecule has 6 N–H and O–H groups in total. The largest absolute Gasteiger partial charge is 0.394 e. The summed E-state index contributed by atoms with van der Waals surface area (Å²) in [5.41, 5.74) is 0. The van der Waals surface area contributed by atoms with Crippen molar-refractivity contribution in [2.45, 2.75) is 159 Å². The van der Waals surface area contributed by atoms with Gasteiger partial charge in [-0.15, -0.1) is 0 Å². The number of aliphatic hydroxyl groups excluding tert-OH is 5. The highest BCUT2D eigenvalue weighted by Gasteiger charge is 2.44. The first kappa shape index (κ1) is 46.4. The summed E-state index contributed by atoms with van der Waals surface area (Å²) < 4.78 is 11.0. The SMILES string of the molecule is CC/C=C\C/C=C\C/C=C\C/C=C\C/C=C\C/C=C\C/C=C\CCCCCC(=O)NC(COC1OC(CO)C(O)C(O)C1O)C(O)CCCCC. The van der Waals surface area contributed by atoms with E-state index in [0.29, 0.717) is 12.8 Å². The lowest BCUT2D eigenvalue weighted by Gasteiger charge is -2.40. The van der Waals surface area contributed by atoms with Gasteiger partial charge in [0.15, 0.2) is 6.29 Å². The van der Waals surface area contributed by atoms with E-state index in [1.807, 2.05) is 0 Å². The third-order valence-corrected chi connectivity index (χ3v) is 8.51. The molecule has 290 valence electrons. The molecule has 7 atom stereocenters. The van der Waals surface area contributed by atoms with Crippen molar-refractivity contribution in [2.75, 3.05) is 13.2 Å². The molecule has 7 unspecified atom stereocenters. The van der Waals surface area contributed by atoms with Crippen LogP contribution in [0.2, 0.25) is 0 Å². The normalized spacial score (nSPS) is 23.0.